The van der Waals surface area contributed by atoms with Crippen LogP contribution in [0.15, 0.2) is 11.6 Å². The van der Waals surface area contributed by atoms with Crippen LogP contribution >= 0.6 is 22.9 Å². The highest BCUT2D eigenvalue weighted by Crippen LogP contribution is 2.23. The Balaban J connectivity index is 1.83. The van der Waals surface area contributed by atoms with Crippen LogP contribution < -0.4 is 0 Å². The molecule has 0 saturated carbocycles. The third-order valence-electron chi connectivity index (χ3n) is 3.17. The summed E-state index contributed by atoms with van der Waals surface area (Å²) >= 11 is 7.73. The van der Waals surface area contributed by atoms with Gasteiger partial charge >= 0.3 is 0 Å². The first kappa shape index (κ1) is 11.5. The van der Waals surface area contributed by atoms with Gasteiger partial charge in [-0.2, -0.15) is 0 Å². The van der Waals surface area contributed by atoms with Crippen molar-refractivity contribution < 1.29 is 5.11 Å². The molecule has 0 amide bonds. The van der Waals surface area contributed by atoms with Crippen LogP contribution in [0.3, 0.4) is 0 Å². The summed E-state index contributed by atoms with van der Waals surface area (Å²) in [5.74, 6) is 0. The molecule has 0 radical (unpaired) electrons. The molecule has 6 heteroatoms. The molecule has 3 heterocycles. The van der Waals surface area contributed by atoms with Crippen LogP contribution in [0.2, 0.25) is 5.15 Å². The molecular formula is C11H14ClN3OS. The summed E-state index contributed by atoms with van der Waals surface area (Å²) in [7, 11) is 0. The van der Waals surface area contributed by atoms with E-state index >= 15 is 0 Å². The summed E-state index contributed by atoms with van der Waals surface area (Å²) < 4.78 is 2.04. The third-order valence-corrected chi connectivity index (χ3v) is 4.23. The van der Waals surface area contributed by atoms with E-state index in [4.69, 9.17) is 11.6 Å². The Labute approximate surface area is 108 Å². The van der Waals surface area contributed by atoms with Gasteiger partial charge in [0.25, 0.3) is 0 Å². The fraction of sp³-hybridized carbons (Fsp3) is 0.545. The molecule has 1 saturated heterocycles. The van der Waals surface area contributed by atoms with Gasteiger partial charge in [0.05, 0.1) is 11.8 Å². The van der Waals surface area contributed by atoms with Crippen molar-refractivity contribution in [1.82, 2.24) is 14.3 Å². The molecule has 3 rings (SSSR count). The van der Waals surface area contributed by atoms with Crippen molar-refractivity contribution in [3.63, 3.8) is 0 Å². The number of likely N-dealkylation sites (tertiary alicyclic amines) is 1. The number of nitrogens with zero attached hydrogens (tertiary/aromatic N) is 3. The molecule has 17 heavy (non-hydrogen) atoms. The predicted octanol–water partition coefficient (Wildman–Crippen LogP) is 2.01. The topological polar surface area (TPSA) is 40.8 Å². The maximum absolute atomic E-state index is 9.66. The van der Waals surface area contributed by atoms with E-state index in [-0.39, 0.29) is 6.10 Å². The number of thiazole rings is 1. The molecule has 1 N–H and O–H groups in total. The maximum Gasteiger partial charge on any atom is 0.195 e. The fourth-order valence-corrected chi connectivity index (χ4v) is 3.35. The first-order valence-electron chi connectivity index (χ1n) is 5.74. The molecule has 1 unspecified atom stereocenters. The van der Waals surface area contributed by atoms with Gasteiger partial charge in [0.1, 0.15) is 0 Å². The number of β-amino-alcohol motifs (C(OH)–C–C–N with tert-alkyl or cyclic N) is 1. The van der Waals surface area contributed by atoms with Gasteiger partial charge in [0.2, 0.25) is 0 Å². The Kier molecular flexibility index (Phi) is 3.08. The molecule has 0 aromatic carbocycles. The first-order valence-corrected chi connectivity index (χ1v) is 7.00. The zero-order valence-electron chi connectivity index (χ0n) is 9.34. The van der Waals surface area contributed by atoms with Crippen molar-refractivity contribution in [3.8, 4) is 0 Å². The Morgan fingerprint density at radius 3 is 3.29 bits per heavy atom. The Hall–Kier alpha value is -0.620. The average Bonchev–Trinajstić information content (AvgIpc) is 2.83. The Morgan fingerprint density at radius 2 is 2.47 bits per heavy atom. The molecule has 0 aliphatic carbocycles. The highest BCUT2D eigenvalue weighted by Gasteiger charge is 2.20. The minimum Gasteiger partial charge on any atom is -0.392 e. The van der Waals surface area contributed by atoms with E-state index in [2.05, 4.69) is 9.88 Å². The molecule has 2 aromatic heterocycles. The lowest BCUT2D eigenvalue weighted by Gasteiger charge is -2.29. The van der Waals surface area contributed by atoms with E-state index in [1.54, 1.807) is 11.3 Å². The number of halogens is 1. The van der Waals surface area contributed by atoms with Gasteiger partial charge in [0.15, 0.2) is 10.1 Å². The number of rotatable bonds is 2. The predicted molar refractivity (Wildman–Crippen MR) is 68.6 cm³/mol. The molecule has 4 nitrogen and oxygen atoms in total. The minimum atomic E-state index is -0.201. The van der Waals surface area contributed by atoms with Gasteiger partial charge < -0.3 is 5.11 Å². The molecular weight excluding hydrogens is 258 g/mol. The van der Waals surface area contributed by atoms with Gasteiger partial charge in [0, 0.05) is 24.7 Å². The van der Waals surface area contributed by atoms with Crippen molar-refractivity contribution in [2.45, 2.75) is 25.5 Å². The average molecular weight is 272 g/mol. The van der Waals surface area contributed by atoms with Crippen LogP contribution in [0.1, 0.15) is 18.5 Å². The molecule has 92 valence electrons. The number of fused-ring (bicyclic) bond motifs is 1. The SMILES string of the molecule is OC1CCCN(Cc2c(Cl)nc3sccn23)C1. The summed E-state index contributed by atoms with van der Waals surface area (Å²) in [6.07, 6.45) is 3.75. The fourth-order valence-electron chi connectivity index (χ4n) is 2.33. The van der Waals surface area contributed by atoms with E-state index in [1.165, 1.54) is 0 Å². The van der Waals surface area contributed by atoms with E-state index in [9.17, 15) is 5.11 Å². The largest absolute Gasteiger partial charge is 0.392 e. The monoisotopic (exact) mass is 271 g/mol. The van der Waals surface area contributed by atoms with Gasteiger partial charge in [-0.25, -0.2) is 4.98 Å². The van der Waals surface area contributed by atoms with E-state index in [1.807, 2.05) is 16.0 Å². The molecule has 1 aliphatic rings. The molecule has 0 spiro atoms. The Morgan fingerprint density at radius 1 is 1.59 bits per heavy atom. The standard InChI is InChI=1S/C11H14ClN3OS/c12-10-9(15-4-5-17-11(15)13-10)7-14-3-1-2-8(16)6-14/h4-5,8,16H,1-3,6-7H2. The quantitative estimate of drug-likeness (QED) is 0.908. The summed E-state index contributed by atoms with van der Waals surface area (Å²) in [5.41, 5.74) is 1.03. The first-order chi connectivity index (χ1) is 8.24. The highest BCUT2D eigenvalue weighted by molar-refractivity contribution is 7.15. The summed E-state index contributed by atoms with van der Waals surface area (Å²) in [5, 5.41) is 12.2. The van der Waals surface area contributed by atoms with E-state index in [0.29, 0.717) is 5.15 Å². The number of hydrogen-bond donors (Lipinski definition) is 1. The smallest absolute Gasteiger partial charge is 0.195 e. The lowest BCUT2D eigenvalue weighted by molar-refractivity contribution is 0.0661. The second-order valence-corrected chi connectivity index (χ2v) is 5.67. The summed E-state index contributed by atoms with van der Waals surface area (Å²) in [4.78, 5) is 7.49. The lowest BCUT2D eigenvalue weighted by Crippen LogP contribution is -2.37. The van der Waals surface area contributed by atoms with Crippen molar-refractivity contribution in [3.05, 3.63) is 22.4 Å². The van der Waals surface area contributed by atoms with Crippen molar-refractivity contribution in [2.75, 3.05) is 13.1 Å². The van der Waals surface area contributed by atoms with Gasteiger partial charge in [-0.1, -0.05) is 11.6 Å². The summed E-state index contributed by atoms with van der Waals surface area (Å²) in [6, 6.07) is 0. The molecule has 2 aromatic rings. The zero-order valence-corrected chi connectivity index (χ0v) is 10.9. The number of aliphatic hydroxyl groups excluding tert-OH is 1. The Bertz CT molecular complexity index is 524. The molecule has 1 fully saturated rings. The second kappa shape index (κ2) is 4.57. The normalized spacial score (nSPS) is 22.4. The molecule has 0 bridgehead atoms. The second-order valence-electron chi connectivity index (χ2n) is 4.44. The van der Waals surface area contributed by atoms with E-state index in [0.717, 1.165) is 43.1 Å². The zero-order chi connectivity index (χ0) is 11.8. The number of aliphatic hydroxyl groups is 1. The van der Waals surface area contributed by atoms with Crippen LogP contribution in [0.25, 0.3) is 4.96 Å². The third kappa shape index (κ3) is 2.20. The highest BCUT2D eigenvalue weighted by atomic mass is 35.5. The van der Waals surface area contributed by atoms with Crippen LogP contribution in [-0.2, 0) is 6.54 Å². The van der Waals surface area contributed by atoms with E-state index < -0.39 is 0 Å². The van der Waals surface area contributed by atoms with Crippen molar-refractivity contribution in [1.29, 1.82) is 0 Å². The van der Waals surface area contributed by atoms with Gasteiger partial charge in [-0.15, -0.1) is 11.3 Å². The molecule has 1 atom stereocenters. The van der Waals surface area contributed by atoms with Crippen LogP contribution in [0.5, 0.6) is 0 Å². The summed E-state index contributed by atoms with van der Waals surface area (Å²) in [6.45, 7) is 2.51. The number of imidazole rings is 1. The maximum atomic E-state index is 9.66. The van der Waals surface area contributed by atoms with Crippen LogP contribution in [0.4, 0.5) is 0 Å². The molecule has 1 aliphatic heterocycles. The van der Waals surface area contributed by atoms with Gasteiger partial charge in [-0.3, -0.25) is 9.30 Å². The van der Waals surface area contributed by atoms with Gasteiger partial charge in [-0.05, 0) is 19.4 Å². The number of piperidine rings is 1. The van der Waals surface area contributed by atoms with Crippen molar-refractivity contribution in [2.24, 2.45) is 0 Å². The van der Waals surface area contributed by atoms with Crippen LogP contribution in [0, 0.1) is 0 Å². The number of hydrogen-bond acceptors (Lipinski definition) is 4. The van der Waals surface area contributed by atoms with Crippen LogP contribution in [-0.4, -0.2) is 38.6 Å². The minimum absolute atomic E-state index is 0.201. The number of aromatic nitrogens is 2. The lowest BCUT2D eigenvalue weighted by atomic mass is 10.1. The van der Waals surface area contributed by atoms with Crippen molar-refractivity contribution >= 4 is 27.9 Å².